The zero-order chi connectivity index (χ0) is 19.5. The van der Waals surface area contributed by atoms with Crippen LogP contribution in [0.25, 0.3) is 0 Å². The van der Waals surface area contributed by atoms with Crippen LogP contribution in [0.5, 0.6) is 0 Å². The molecular formula is C18H22F3NO4. The fourth-order valence-corrected chi connectivity index (χ4v) is 3.22. The van der Waals surface area contributed by atoms with Gasteiger partial charge < -0.3 is 9.84 Å². The number of benzene rings is 1. The number of carbonyl (C=O) groups is 2. The molecular weight excluding hydrogens is 351 g/mol. The van der Waals surface area contributed by atoms with Crippen LogP contribution in [0, 0.1) is 5.41 Å². The number of aliphatic carboxylic acids is 1. The second kappa shape index (κ2) is 7.55. The Hall–Kier alpha value is -2.25. The van der Waals surface area contributed by atoms with Gasteiger partial charge in [0.2, 0.25) is 0 Å². The van der Waals surface area contributed by atoms with Crippen molar-refractivity contribution in [2.75, 3.05) is 0 Å². The zero-order valence-corrected chi connectivity index (χ0v) is 14.6. The standard InChI is InChI=1S/C18H22F3NO4/c1-17(2,15(23)24)13-9-6-10-14(18(19,20)21)22(13)16(25)26-11-12-7-4-3-5-8-12/h3-5,7-8,13-14H,6,9-11H2,1-2H3,(H,23,24)/t13-,14+/m0/s1. The topological polar surface area (TPSA) is 66.8 Å². The molecule has 26 heavy (non-hydrogen) atoms. The third-order valence-corrected chi connectivity index (χ3v) is 4.80. The average molecular weight is 373 g/mol. The summed E-state index contributed by atoms with van der Waals surface area (Å²) >= 11 is 0. The third-order valence-electron chi connectivity index (χ3n) is 4.80. The van der Waals surface area contributed by atoms with E-state index in [0.717, 1.165) is 0 Å². The molecule has 1 aromatic rings. The van der Waals surface area contributed by atoms with Crippen molar-refractivity contribution in [2.45, 2.75) is 58.0 Å². The van der Waals surface area contributed by atoms with Crippen molar-refractivity contribution in [3.63, 3.8) is 0 Å². The summed E-state index contributed by atoms with van der Waals surface area (Å²) in [5.74, 6) is -1.26. The number of hydrogen-bond acceptors (Lipinski definition) is 3. The summed E-state index contributed by atoms with van der Waals surface area (Å²) in [5.41, 5.74) is -0.897. The van der Waals surface area contributed by atoms with Gasteiger partial charge in [0.25, 0.3) is 0 Å². The summed E-state index contributed by atoms with van der Waals surface area (Å²) in [5, 5.41) is 9.43. The third kappa shape index (κ3) is 4.28. The van der Waals surface area contributed by atoms with Crippen molar-refractivity contribution in [3.8, 4) is 0 Å². The first-order chi connectivity index (χ1) is 12.0. The van der Waals surface area contributed by atoms with Gasteiger partial charge in [-0.05, 0) is 38.7 Å². The van der Waals surface area contributed by atoms with Gasteiger partial charge in [-0.3, -0.25) is 9.69 Å². The molecule has 8 heteroatoms. The molecule has 1 amide bonds. The number of alkyl halides is 3. The van der Waals surface area contributed by atoms with Crippen molar-refractivity contribution < 1.29 is 32.6 Å². The number of carboxylic acid groups (broad SMARTS) is 1. The van der Waals surface area contributed by atoms with Gasteiger partial charge in [-0.2, -0.15) is 13.2 Å². The number of amides is 1. The summed E-state index contributed by atoms with van der Waals surface area (Å²) in [7, 11) is 0. The molecule has 0 aliphatic carbocycles. The van der Waals surface area contributed by atoms with E-state index in [1.165, 1.54) is 13.8 Å². The summed E-state index contributed by atoms with van der Waals surface area (Å²) in [6, 6.07) is 5.41. The Morgan fingerprint density at radius 3 is 2.27 bits per heavy atom. The van der Waals surface area contributed by atoms with E-state index < -0.39 is 35.7 Å². The molecule has 1 saturated heterocycles. The van der Waals surface area contributed by atoms with Gasteiger partial charge in [0.05, 0.1) is 11.5 Å². The highest BCUT2D eigenvalue weighted by atomic mass is 19.4. The Balaban J connectivity index is 2.27. The van der Waals surface area contributed by atoms with Crippen LogP contribution in [0.2, 0.25) is 0 Å². The van der Waals surface area contributed by atoms with Crippen LogP contribution in [0.3, 0.4) is 0 Å². The van der Waals surface area contributed by atoms with Crippen LogP contribution in [-0.4, -0.2) is 40.3 Å². The minimum absolute atomic E-state index is 0.173. The summed E-state index contributed by atoms with van der Waals surface area (Å²) < 4.78 is 45.5. The van der Waals surface area contributed by atoms with Crippen molar-refractivity contribution in [1.82, 2.24) is 4.90 Å². The molecule has 1 aliphatic rings. The molecule has 1 N–H and O–H groups in total. The van der Waals surface area contributed by atoms with Crippen LogP contribution in [0.4, 0.5) is 18.0 Å². The van der Waals surface area contributed by atoms with Gasteiger partial charge in [0.15, 0.2) is 0 Å². The van der Waals surface area contributed by atoms with E-state index in [1.807, 2.05) is 0 Å². The first-order valence-corrected chi connectivity index (χ1v) is 8.34. The number of halogens is 3. The van der Waals surface area contributed by atoms with Crippen molar-refractivity contribution in [3.05, 3.63) is 35.9 Å². The predicted molar refractivity (Wildman–Crippen MR) is 87.4 cm³/mol. The zero-order valence-electron chi connectivity index (χ0n) is 14.6. The highest BCUT2D eigenvalue weighted by Crippen LogP contribution is 2.41. The fraction of sp³-hybridized carbons (Fsp3) is 0.556. The Kier molecular flexibility index (Phi) is 5.83. The quantitative estimate of drug-likeness (QED) is 0.858. The molecule has 144 valence electrons. The summed E-state index contributed by atoms with van der Waals surface area (Å²) in [6.07, 6.45) is -5.70. The van der Waals surface area contributed by atoms with Crippen LogP contribution >= 0.6 is 0 Å². The van der Waals surface area contributed by atoms with Gasteiger partial charge in [-0.15, -0.1) is 0 Å². The number of carboxylic acids is 1. The summed E-state index contributed by atoms with van der Waals surface area (Å²) in [4.78, 5) is 24.7. The Bertz CT molecular complexity index is 646. The average Bonchev–Trinajstić information content (AvgIpc) is 2.59. The van der Waals surface area contributed by atoms with E-state index in [4.69, 9.17) is 4.74 Å². The molecule has 0 radical (unpaired) electrons. The smallest absolute Gasteiger partial charge is 0.410 e. The number of likely N-dealkylation sites (tertiary alicyclic amines) is 1. The minimum atomic E-state index is -4.65. The number of ether oxygens (including phenoxy) is 1. The lowest BCUT2D eigenvalue weighted by Crippen LogP contribution is -2.61. The lowest BCUT2D eigenvalue weighted by molar-refractivity contribution is -0.201. The first kappa shape index (κ1) is 20.1. The Morgan fingerprint density at radius 1 is 1.15 bits per heavy atom. The van der Waals surface area contributed by atoms with Crippen LogP contribution in [0.1, 0.15) is 38.7 Å². The van der Waals surface area contributed by atoms with E-state index in [2.05, 4.69) is 0 Å². The second-order valence-corrected chi connectivity index (χ2v) is 6.98. The monoisotopic (exact) mass is 373 g/mol. The second-order valence-electron chi connectivity index (χ2n) is 6.98. The van der Waals surface area contributed by atoms with Crippen molar-refractivity contribution in [1.29, 1.82) is 0 Å². The molecule has 0 spiro atoms. The van der Waals surface area contributed by atoms with Crippen LogP contribution < -0.4 is 0 Å². The summed E-state index contributed by atoms with van der Waals surface area (Å²) in [6.45, 7) is 2.48. The molecule has 2 atom stereocenters. The number of carbonyl (C=O) groups excluding carboxylic acids is 1. The highest BCUT2D eigenvalue weighted by molar-refractivity contribution is 5.77. The molecule has 0 aromatic heterocycles. The Morgan fingerprint density at radius 2 is 1.73 bits per heavy atom. The first-order valence-electron chi connectivity index (χ1n) is 8.34. The number of nitrogens with zero attached hydrogens (tertiary/aromatic N) is 1. The van der Waals surface area contributed by atoms with E-state index in [0.29, 0.717) is 10.5 Å². The van der Waals surface area contributed by atoms with Gasteiger partial charge in [-0.25, -0.2) is 4.79 Å². The highest BCUT2D eigenvalue weighted by Gasteiger charge is 2.54. The van der Waals surface area contributed by atoms with E-state index in [-0.39, 0.29) is 25.9 Å². The van der Waals surface area contributed by atoms with Crippen LogP contribution in [-0.2, 0) is 16.1 Å². The largest absolute Gasteiger partial charge is 0.481 e. The molecule has 1 heterocycles. The van der Waals surface area contributed by atoms with Gasteiger partial charge in [0, 0.05) is 0 Å². The Labute approximate surface area is 149 Å². The number of hydrogen-bond donors (Lipinski definition) is 1. The number of rotatable bonds is 4. The normalized spacial score (nSPS) is 21.3. The van der Waals surface area contributed by atoms with Gasteiger partial charge in [0.1, 0.15) is 12.6 Å². The lowest BCUT2D eigenvalue weighted by Gasteiger charge is -2.46. The minimum Gasteiger partial charge on any atom is -0.481 e. The fourth-order valence-electron chi connectivity index (χ4n) is 3.22. The van der Waals surface area contributed by atoms with E-state index in [9.17, 15) is 27.9 Å². The molecule has 5 nitrogen and oxygen atoms in total. The van der Waals surface area contributed by atoms with Crippen molar-refractivity contribution in [2.24, 2.45) is 5.41 Å². The maximum Gasteiger partial charge on any atom is 0.410 e. The lowest BCUT2D eigenvalue weighted by atomic mass is 9.77. The van der Waals surface area contributed by atoms with Crippen LogP contribution in [0.15, 0.2) is 30.3 Å². The molecule has 1 fully saturated rings. The maximum absolute atomic E-state index is 13.5. The van der Waals surface area contributed by atoms with Gasteiger partial charge >= 0.3 is 18.2 Å². The van der Waals surface area contributed by atoms with E-state index >= 15 is 0 Å². The van der Waals surface area contributed by atoms with Crippen molar-refractivity contribution >= 4 is 12.1 Å². The molecule has 1 aliphatic heterocycles. The molecule has 2 rings (SSSR count). The molecule has 1 aromatic carbocycles. The molecule has 0 saturated carbocycles. The molecule has 0 bridgehead atoms. The number of piperidine rings is 1. The maximum atomic E-state index is 13.5. The molecule has 0 unspecified atom stereocenters. The SMILES string of the molecule is CC(C)(C(=O)O)[C@@H]1CCC[C@H](C(F)(F)F)N1C(=O)OCc1ccccc1. The van der Waals surface area contributed by atoms with Gasteiger partial charge in [-0.1, -0.05) is 30.3 Å². The predicted octanol–water partition coefficient (Wildman–Crippen LogP) is 4.22. The van der Waals surface area contributed by atoms with E-state index in [1.54, 1.807) is 30.3 Å².